The molecule has 1 aliphatic rings. The maximum atomic E-state index is 9.85. The zero-order valence-corrected chi connectivity index (χ0v) is 9.40. The van der Waals surface area contributed by atoms with E-state index in [9.17, 15) is 5.11 Å². The van der Waals surface area contributed by atoms with Crippen LogP contribution in [0.2, 0.25) is 0 Å². The number of hydrogen-bond donors (Lipinski definition) is 1. The van der Waals surface area contributed by atoms with Gasteiger partial charge in [0, 0.05) is 19.3 Å². The van der Waals surface area contributed by atoms with Crippen LogP contribution in [0.3, 0.4) is 0 Å². The molecule has 1 aromatic rings. The van der Waals surface area contributed by atoms with Gasteiger partial charge in [-0.15, -0.1) is 0 Å². The Morgan fingerprint density at radius 3 is 2.67 bits per heavy atom. The summed E-state index contributed by atoms with van der Waals surface area (Å²) in [4.78, 5) is 6.60. The Hall–Kier alpha value is -1.09. The van der Waals surface area contributed by atoms with Gasteiger partial charge >= 0.3 is 0 Å². The van der Waals surface area contributed by atoms with Crippen molar-refractivity contribution in [1.29, 1.82) is 0 Å². The molecular weight excluding hydrogens is 188 g/mol. The van der Waals surface area contributed by atoms with Crippen molar-refractivity contribution in [2.75, 3.05) is 18.0 Å². The molecule has 0 saturated carbocycles. The number of nitrogens with zero attached hydrogens (tertiary/aromatic N) is 2. The zero-order chi connectivity index (χ0) is 10.9. The van der Waals surface area contributed by atoms with Crippen molar-refractivity contribution in [3.8, 4) is 0 Å². The van der Waals surface area contributed by atoms with E-state index < -0.39 is 5.60 Å². The Labute approximate surface area is 90.8 Å². The average Bonchev–Trinajstić information content (AvgIpc) is 2.17. The topological polar surface area (TPSA) is 36.4 Å². The molecule has 0 aromatic carbocycles. The SMILES string of the molecule is Cc1ccnc(N2CCC(C)(O)CC2)c1. The normalized spacial score (nSPS) is 20.3. The number of aryl methyl sites for hydroxylation is 1. The molecule has 0 aliphatic carbocycles. The molecule has 1 aliphatic heterocycles. The lowest BCUT2D eigenvalue weighted by atomic mass is 9.94. The molecule has 2 heterocycles. The van der Waals surface area contributed by atoms with Crippen LogP contribution in [0.5, 0.6) is 0 Å². The monoisotopic (exact) mass is 206 g/mol. The highest BCUT2D eigenvalue weighted by atomic mass is 16.3. The Balaban J connectivity index is 2.08. The maximum absolute atomic E-state index is 9.85. The van der Waals surface area contributed by atoms with Crippen molar-refractivity contribution in [3.05, 3.63) is 23.9 Å². The summed E-state index contributed by atoms with van der Waals surface area (Å²) in [5.74, 6) is 1.03. The Morgan fingerprint density at radius 1 is 1.40 bits per heavy atom. The fraction of sp³-hybridized carbons (Fsp3) is 0.583. The molecule has 1 N–H and O–H groups in total. The molecule has 1 aromatic heterocycles. The predicted molar refractivity (Wildman–Crippen MR) is 61.0 cm³/mol. The average molecular weight is 206 g/mol. The van der Waals surface area contributed by atoms with E-state index in [-0.39, 0.29) is 0 Å². The number of hydrogen-bond acceptors (Lipinski definition) is 3. The molecule has 2 rings (SSSR count). The first kappa shape index (κ1) is 10.4. The standard InChI is InChI=1S/C12H18N2O/c1-10-3-6-13-11(9-10)14-7-4-12(2,15)5-8-14/h3,6,9,15H,4-5,7-8H2,1-2H3. The third kappa shape index (κ3) is 2.48. The summed E-state index contributed by atoms with van der Waals surface area (Å²) in [6, 6.07) is 4.10. The van der Waals surface area contributed by atoms with E-state index in [2.05, 4.69) is 22.9 Å². The van der Waals surface area contributed by atoms with Gasteiger partial charge in [0.15, 0.2) is 0 Å². The third-order valence-corrected chi connectivity index (χ3v) is 3.07. The largest absolute Gasteiger partial charge is 0.390 e. The summed E-state index contributed by atoms with van der Waals surface area (Å²) >= 11 is 0. The summed E-state index contributed by atoms with van der Waals surface area (Å²) in [6.45, 7) is 5.77. The van der Waals surface area contributed by atoms with Crippen molar-refractivity contribution in [2.24, 2.45) is 0 Å². The minimum absolute atomic E-state index is 0.486. The Morgan fingerprint density at radius 2 is 2.07 bits per heavy atom. The quantitative estimate of drug-likeness (QED) is 0.760. The second-order valence-corrected chi connectivity index (χ2v) is 4.68. The number of aromatic nitrogens is 1. The molecule has 1 saturated heterocycles. The van der Waals surface area contributed by atoms with Crippen molar-refractivity contribution in [3.63, 3.8) is 0 Å². The fourth-order valence-corrected chi connectivity index (χ4v) is 1.91. The van der Waals surface area contributed by atoms with Crippen LogP contribution in [-0.2, 0) is 0 Å². The van der Waals surface area contributed by atoms with Gasteiger partial charge in [-0.25, -0.2) is 4.98 Å². The molecule has 3 nitrogen and oxygen atoms in total. The van der Waals surface area contributed by atoms with Crippen LogP contribution in [0.25, 0.3) is 0 Å². The highest BCUT2D eigenvalue weighted by molar-refractivity contribution is 5.41. The molecule has 0 spiro atoms. The van der Waals surface area contributed by atoms with Gasteiger partial charge in [0.05, 0.1) is 5.60 Å². The molecule has 15 heavy (non-hydrogen) atoms. The van der Waals surface area contributed by atoms with Gasteiger partial charge in [0.2, 0.25) is 0 Å². The van der Waals surface area contributed by atoms with E-state index in [0.29, 0.717) is 0 Å². The first-order valence-corrected chi connectivity index (χ1v) is 5.47. The first-order chi connectivity index (χ1) is 7.07. The van der Waals surface area contributed by atoms with E-state index in [1.807, 2.05) is 19.2 Å². The smallest absolute Gasteiger partial charge is 0.128 e. The highest BCUT2D eigenvalue weighted by Gasteiger charge is 2.27. The van der Waals surface area contributed by atoms with E-state index >= 15 is 0 Å². The summed E-state index contributed by atoms with van der Waals surface area (Å²) in [7, 11) is 0. The van der Waals surface area contributed by atoms with Gasteiger partial charge in [0.25, 0.3) is 0 Å². The van der Waals surface area contributed by atoms with Crippen molar-refractivity contribution >= 4 is 5.82 Å². The van der Waals surface area contributed by atoms with Crippen LogP contribution in [0.1, 0.15) is 25.3 Å². The van der Waals surface area contributed by atoms with E-state index in [1.165, 1.54) is 5.56 Å². The minimum atomic E-state index is -0.486. The summed E-state index contributed by atoms with van der Waals surface area (Å²) in [6.07, 6.45) is 3.49. The van der Waals surface area contributed by atoms with Gasteiger partial charge in [-0.3, -0.25) is 0 Å². The molecular formula is C12H18N2O. The van der Waals surface area contributed by atoms with Crippen LogP contribution in [0, 0.1) is 6.92 Å². The molecule has 0 amide bonds. The van der Waals surface area contributed by atoms with Gasteiger partial charge in [-0.05, 0) is 44.4 Å². The second kappa shape index (κ2) is 3.81. The minimum Gasteiger partial charge on any atom is -0.390 e. The predicted octanol–water partition coefficient (Wildman–Crippen LogP) is 1.74. The van der Waals surface area contributed by atoms with Crippen molar-refractivity contribution < 1.29 is 5.11 Å². The van der Waals surface area contributed by atoms with Gasteiger partial charge in [-0.2, -0.15) is 0 Å². The molecule has 3 heteroatoms. The van der Waals surface area contributed by atoms with E-state index in [4.69, 9.17) is 0 Å². The lowest BCUT2D eigenvalue weighted by Gasteiger charge is -2.36. The van der Waals surface area contributed by atoms with Gasteiger partial charge in [-0.1, -0.05) is 0 Å². The number of aliphatic hydroxyl groups is 1. The number of anilines is 1. The van der Waals surface area contributed by atoms with Crippen molar-refractivity contribution in [2.45, 2.75) is 32.3 Å². The highest BCUT2D eigenvalue weighted by Crippen LogP contribution is 2.24. The molecule has 0 unspecified atom stereocenters. The summed E-state index contributed by atoms with van der Waals surface area (Å²) in [5.41, 5.74) is 0.748. The first-order valence-electron chi connectivity index (χ1n) is 5.47. The zero-order valence-electron chi connectivity index (χ0n) is 9.40. The lowest BCUT2D eigenvalue weighted by molar-refractivity contribution is 0.0350. The Kier molecular flexibility index (Phi) is 2.65. The molecule has 82 valence electrons. The fourth-order valence-electron chi connectivity index (χ4n) is 1.91. The number of piperidine rings is 1. The molecule has 0 radical (unpaired) electrons. The lowest BCUT2D eigenvalue weighted by Crippen LogP contribution is -2.42. The van der Waals surface area contributed by atoms with Crippen LogP contribution in [0.4, 0.5) is 5.82 Å². The summed E-state index contributed by atoms with van der Waals surface area (Å²) in [5, 5.41) is 9.85. The number of rotatable bonds is 1. The maximum Gasteiger partial charge on any atom is 0.128 e. The second-order valence-electron chi connectivity index (χ2n) is 4.68. The van der Waals surface area contributed by atoms with Crippen LogP contribution in [-0.4, -0.2) is 28.8 Å². The van der Waals surface area contributed by atoms with Crippen LogP contribution in [0.15, 0.2) is 18.3 Å². The van der Waals surface area contributed by atoms with Gasteiger partial charge in [0.1, 0.15) is 5.82 Å². The van der Waals surface area contributed by atoms with Gasteiger partial charge < -0.3 is 10.0 Å². The Bertz CT molecular complexity index is 339. The molecule has 0 bridgehead atoms. The van der Waals surface area contributed by atoms with Crippen LogP contribution < -0.4 is 4.90 Å². The van der Waals surface area contributed by atoms with Crippen LogP contribution >= 0.6 is 0 Å². The van der Waals surface area contributed by atoms with E-state index in [1.54, 1.807) is 0 Å². The molecule has 1 fully saturated rings. The third-order valence-electron chi connectivity index (χ3n) is 3.07. The summed E-state index contributed by atoms with van der Waals surface area (Å²) < 4.78 is 0. The van der Waals surface area contributed by atoms with Crippen molar-refractivity contribution in [1.82, 2.24) is 4.98 Å². The number of pyridine rings is 1. The van der Waals surface area contributed by atoms with E-state index in [0.717, 1.165) is 31.7 Å². The molecule has 0 atom stereocenters.